The number of hydrogen-bond donors (Lipinski definition) is 2. The zero-order chi connectivity index (χ0) is 11.4. The second-order valence-corrected chi connectivity index (χ2v) is 5.04. The standard InChI is InChI=1S/C12H22N2O2/c1-9-3-2-4-10(7-9)14-12(15)11-8-13-5-6-16-11/h9-11,13H,2-8H2,1H3,(H,14,15)/t9-,10-,11-/m1/s1. The average Bonchev–Trinajstić information content (AvgIpc) is 2.30. The van der Waals surface area contributed by atoms with Crippen molar-refractivity contribution < 1.29 is 9.53 Å². The van der Waals surface area contributed by atoms with E-state index in [4.69, 9.17) is 4.74 Å². The van der Waals surface area contributed by atoms with Crippen molar-refractivity contribution in [1.82, 2.24) is 10.6 Å². The molecule has 3 atom stereocenters. The lowest BCUT2D eigenvalue weighted by Gasteiger charge is -2.30. The summed E-state index contributed by atoms with van der Waals surface area (Å²) < 4.78 is 5.43. The van der Waals surface area contributed by atoms with E-state index in [1.165, 1.54) is 12.8 Å². The summed E-state index contributed by atoms with van der Waals surface area (Å²) in [5.41, 5.74) is 0. The number of amides is 1. The van der Waals surface area contributed by atoms with Crippen LogP contribution in [0.4, 0.5) is 0 Å². The van der Waals surface area contributed by atoms with Gasteiger partial charge in [-0.1, -0.05) is 19.8 Å². The van der Waals surface area contributed by atoms with E-state index in [2.05, 4.69) is 17.6 Å². The molecule has 2 fully saturated rings. The van der Waals surface area contributed by atoms with E-state index in [0.717, 1.165) is 25.3 Å². The zero-order valence-corrected chi connectivity index (χ0v) is 10.00. The van der Waals surface area contributed by atoms with Crippen LogP contribution in [-0.2, 0) is 9.53 Å². The number of rotatable bonds is 2. The molecule has 0 aromatic rings. The highest BCUT2D eigenvalue weighted by Crippen LogP contribution is 2.23. The molecule has 1 heterocycles. The quantitative estimate of drug-likeness (QED) is 0.727. The molecular formula is C12H22N2O2. The van der Waals surface area contributed by atoms with E-state index in [-0.39, 0.29) is 12.0 Å². The fraction of sp³-hybridized carbons (Fsp3) is 0.917. The second kappa shape index (κ2) is 5.64. The first-order chi connectivity index (χ1) is 7.75. The van der Waals surface area contributed by atoms with Gasteiger partial charge in [0, 0.05) is 19.1 Å². The normalized spacial score (nSPS) is 35.7. The molecule has 4 nitrogen and oxygen atoms in total. The van der Waals surface area contributed by atoms with Crippen LogP contribution in [0.15, 0.2) is 0 Å². The van der Waals surface area contributed by atoms with Crippen LogP contribution >= 0.6 is 0 Å². The first-order valence-electron chi connectivity index (χ1n) is 6.38. The summed E-state index contributed by atoms with van der Waals surface area (Å²) in [5.74, 6) is 0.802. The summed E-state index contributed by atoms with van der Waals surface area (Å²) in [5, 5.41) is 6.29. The molecule has 1 saturated heterocycles. The molecule has 0 aromatic carbocycles. The lowest BCUT2D eigenvalue weighted by molar-refractivity contribution is -0.135. The van der Waals surface area contributed by atoms with Crippen LogP contribution in [0.5, 0.6) is 0 Å². The number of morpholine rings is 1. The number of ether oxygens (including phenoxy) is 1. The molecule has 16 heavy (non-hydrogen) atoms. The highest BCUT2D eigenvalue weighted by Gasteiger charge is 2.26. The van der Waals surface area contributed by atoms with Gasteiger partial charge in [0.25, 0.3) is 5.91 Å². The molecule has 1 amide bonds. The Hall–Kier alpha value is -0.610. The highest BCUT2D eigenvalue weighted by atomic mass is 16.5. The molecule has 0 radical (unpaired) electrons. The monoisotopic (exact) mass is 226 g/mol. The van der Waals surface area contributed by atoms with Crippen LogP contribution in [0.25, 0.3) is 0 Å². The average molecular weight is 226 g/mol. The van der Waals surface area contributed by atoms with Gasteiger partial charge in [0.15, 0.2) is 0 Å². The van der Waals surface area contributed by atoms with Gasteiger partial charge in [-0.3, -0.25) is 4.79 Å². The predicted molar refractivity (Wildman–Crippen MR) is 62.2 cm³/mol. The van der Waals surface area contributed by atoms with Gasteiger partial charge in [0.2, 0.25) is 0 Å². The number of hydrogen-bond acceptors (Lipinski definition) is 3. The number of carbonyl (C=O) groups is 1. The molecule has 0 bridgehead atoms. The van der Waals surface area contributed by atoms with Crippen molar-refractivity contribution in [2.75, 3.05) is 19.7 Å². The van der Waals surface area contributed by atoms with Crippen molar-refractivity contribution in [3.05, 3.63) is 0 Å². The maximum absolute atomic E-state index is 11.9. The predicted octanol–water partition coefficient (Wildman–Crippen LogP) is 0.670. The fourth-order valence-electron chi connectivity index (χ4n) is 2.59. The lowest BCUT2D eigenvalue weighted by atomic mass is 9.87. The first kappa shape index (κ1) is 11.9. The van der Waals surface area contributed by atoms with Gasteiger partial charge in [-0.05, 0) is 18.8 Å². The fourth-order valence-corrected chi connectivity index (χ4v) is 2.59. The third-order valence-electron chi connectivity index (χ3n) is 3.50. The number of nitrogens with one attached hydrogen (secondary N) is 2. The van der Waals surface area contributed by atoms with Gasteiger partial charge in [0.1, 0.15) is 6.10 Å². The molecule has 1 aliphatic carbocycles. The van der Waals surface area contributed by atoms with Crippen LogP contribution in [-0.4, -0.2) is 37.7 Å². The largest absolute Gasteiger partial charge is 0.366 e. The molecular weight excluding hydrogens is 204 g/mol. The molecule has 2 N–H and O–H groups in total. The van der Waals surface area contributed by atoms with E-state index in [0.29, 0.717) is 19.2 Å². The summed E-state index contributed by atoms with van der Waals surface area (Å²) >= 11 is 0. The maximum atomic E-state index is 11.9. The van der Waals surface area contributed by atoms with Gasteiger partial charge in [0.05, 0.1) is 6.61 Å². The van der Waals surface area contributed by atoms with Crippen molar-refractivity contribution in [2.24, 2.45) is 5.92 Å². The van der Waals surface area contributed by atoms with E-state index in [9.17, 15) is 4.79 Å². The molecule has 0 spiro atoms. The molecule has 1 aliphatic heterocycles. The second-order valence-electron chi connectivity index (χ2n) is 5.04. The Morgan fingerprint density at radius 1 is 1.44 bits per heavy atom. The van der Waals surface area contributed by atoms with Gasteiger partial charge in [-0.25, -0.2) is 0 Å². The summed E-state index contributed by atoms with van der Waals surface area (Å²) in [6, 6.07) is 0.363. The van der Waals surface area contributed by atoms with Gasteiger partial charge >= 0.3 is 0 Å². The van der Waals surface area contributed by atoms with Crippen molar-refractivity contribution in [3.8, 4) is 0 Å². The van der Waals surface area contributed by atoms with Crippen molar-refractivity contribution in [1.29, 1.82) is 0 Å². The van der Waals surface area contributed by atoms with E-state index < -0.39 is 0 Å². The third kappa shape index (κ3) is 3.19. The zero-order valence-electron chi connectivity index (χ0n) is 10.00. The van der Waals surface area contributed by atoms with Gasteiger partial charge in [-0.15, -0.1) is 0 Å². The highest BCUT2D eigenvalue weighted by molar-refractivity contribution is 5.81. The molecule has 2 rings (SSSR count). The van der Waals surface area contributed by atoms with Crippen LogP contribution < -0.4 is 10.6 Å². The third-order valence-corrected chi connectivity index (χ3v) is 3.50. The van der Waals surface area contributed by atoms with Gasteiger partial charge in [-0.2, -0.15) is 0 Å². The molecule has 2 aliphatic rings. The SMILES string of the molecule is C[C@@H]1CCC[C@@H](NC(=O)[C@H]2CNCCO2)C1. The minimum absolute atomic E-state index is 0.0614. The Morgan fingerprint density at radius 2 is 2.31 bits per heavy atom. The maximum Gasteiger partial charge on any atom is 0.250 e. The lowest BCUT2D eigenvalue weighted by Crippen LogP contribution is -2.50. The smallest absolute Gasteiger partial charge is 0.250 e. The Kier molecular flexibility index (Phi) is 4.18. The Labute approximate surface area is 97.1 Å². The number of carbonyl (C=O) groups excluding carboxylic acids is 1. The Balaban J connectivity index is 1.77. The summed E-state index contributed by atoms with van der Waals surface area (Å²) in [7, 11) is 0. The first-order valence-corrected chi connectivity index (χ1v) is 6.38. The topological polar surface area (TPSA) is 50.4 Å². The van der Waals surface area contributed by atoms with E-state index in [1.54, 1.807) is 0 Å². The minimum Gasteiger partial charge on any atom is -0.366 e. The van der Waals surface area contributed by atoms with E-state index in [1.807, 2.05) is 0 Å². The minimum atomic E-state index is -0.286. The van der Waals surface area contributed by atoms with Crippen LogP contribution in [0.1, 0.15) is 32.6 Å². The van der Waals surface area contributed by atoms with Crippen LogP contribution in [0.2, 0.25) is 0 Å². The van der Waals surface area contributed by atoms with Crippen molar-refractivity contribution >= 4 is 5.91 Å². The molecule has 0 aromatic heterocycles. The molecule has 0 unspecified atom stereocenters. The molecule has 1 saturated carbocycles. The van der Waals surface area contributed by atoms with Crippen molar-refractivity contribution in [2.45, 2.75) is 44.8 Å². The van der Waals surface area contributed by atoms with E-state index >= 15 is 0 Å². The van der Waals surface area contributed by atoms with Crippen LogP contribution in [0.3, 0.4) is 0 Å². The summed E-state index contributed by atoms with van der Waals surface area (Å²) in [6.45, 7) is 4.40. The summed E-state index contributed by atoms with van der Waals surface area (Å²) in [4.78, 5) is 11.9. The molecule has 4 heteroatoms. The molecule has 92 valence electrons. The van der Waals surface area contributed by atoms with Crippen LogP contribution in [0, 0.1) is 5.92 Å². The Bertz CT molecular complexity index is 239. The van der Waals surface area contributed by atoms with Crippen molar-refractivity contribution in [3.63, 3.8) is 0 Å². The van der Waals surface area contributed by atoms with Gasteiger partial charge < -0.3 is 15.4 Å². The Morgan fingerprint density at radius 3 is 3.00 bits per heavy atom. The summed E-state index contributed by atoms with van der Waals surface area (Å²) in [6.07, 6.45) is 4.48.